The van der Waals surface area contributed by atoms with Gasteiger partial charge in [0.1, 0.15) is 5.75 Å². The van der Waals surface area contributed by atoms with Crippen LogP contribution in [-0.2, 0) is 0 Å². The molecule has 1 aromatic rings. The van der Waals surface area contributed by atoms with Crippen LogP contribution in [0.15, 0.2) is 24.3 Å². The molecule has 0 bridgehead atoms. The molecular weight excluding hydrogens is 224 g/mol. The van der Waals surface area contributed by atoms with Gasteiger partial charge in [-0.1, -0.05) is 32.4 Å². The summed E-state index contributed by atoms with van der Waals surface area (Å²) in [7, 11) is 1.73. The number of rotatable bonds is 8. The van der Waals surface area contributed by atoms with E-state index in [1.807, 2.05) is 12.1 Å². The van der Waals surface area contributed by atoms with Crippen molar-refractivity contribution in [3.05, 3.63) is 24.3 Å². The van der Waals surface area contributed by atoms with Crippen molar-refractivity contribution in [2.45, 2.75) is 26.7 Å². The summed E-state index contributed by atoms with van der Waals surface area (Å²) in [5.41, 5.74) is 6.81. The lowest BCUT2D eigenvalue weighted by Crippen LogP contribution is -2.30. The smallest absolute Gasteiger partial charge is 0.142 e. The van der Waals surface area contributed by atoms with Gasteiger partial charge < -0.3 is 15.4 Å². The van der Waals surface area contributed by atoms with Crippen molar-refractivity contribution in [2.24, 2.45) is 11.7 Å². The molecule has 0 aliphatic rings. The molecule has 3 nitrogen and oxygen atoms in total. The number of para-hydroxylation sites is 2. The minimum atomic E-state index is 0.674. The van der Waals surface area contributed by atoms with Crippen molar-refractivity contribution in [3.63, 3.8) is 0 Å². The van der Waals surface area contributed by atoms with E-state index < -0.39 is 0 Å². The van der Waals surface area contributed by atoms with Crippen molar-refractivity contribution in [3.8, 4) is 5.75 Å². The van der Waals surface area contributed by atoms with Gasteiger partial charge in [0.05, 0.1) is 12.8 Å². The molecule has 2 N–H and O–H groups in total. The van der Waals surface area contributed by atoms with Gasteiger partial charge in [0.2, 0.25) is 0 Å². The van der Waals surface area contributed by atoms with Gasteiger partial charge in [-0.3, -0.25) is 0 Å². The summed E-state index contributed by atoms with van der Waals surface area (Å²) in [5.74, 6) is 1.62. The van der Waals surface area contributed by atoms with E-state index in [-0.39, 0.29) is 0 Å². The lowest BCUT2D eigenvalue weighted by molar-refractivity contribution is 0.412. The first kappa shape index (κ1) is 14.8. The molecule has 1 atom stereocenters. The van der Waals surface area contributed by atoms with Crippen LogP contribution in [0.1, 0.15) is 26.7 Å². The number of methoxy groups -OCH3 is 1. The number of ether oxygens (including phenoxy) is 1. The van der Waals surface area contributed by atoms with Crippen LogP contribution in [0.2, 0.25) is 0 Å². The summed E-state index contributed by atoms with van der Waals surface area (Å²) < 4.78 is 5.45. The molecule has 0 aromatic heterocycles. The lowest BCUT2D eigenvalue weighted by Gasteiger charge is -2.28. The number of nitrogens with two attached hydrogens (primary N) is 1. The Morgan fingerprint density at radius 3 is 2.67 bits per heavy atom. The zero-order chi connectivity index (χ0) is 13.4. The van der Waals surface area contributed by atoms with E-state index >= 15 is 0 Å². The second kappa shape index (κ2) is 7.98. The van der Waals surface area contributed by atoms with E-state index in [9.17, 15) is 0 Å². The molecule has 1 aromatic carbocycles. The van der Waals surface area contributed by atoms with Crippen LogP contribution in [-0.4, -0.2) is 26.7 Å². The van der Waals surface area contributed by atoms with E-state index in [4.69, 9.17) is 10.5 Å². The number of hydrogen-bond acceptors (Lipinski definition) is 3. The molecule has 0 fully saturated rings. The Kier molecular flexibility index (Phi) is 6.58. The highest BCUT2D eigenvalue weighted by atomic mass is 16.5. The summed E-state index contributed by atoms with van der Waals surface area (Å²) in [5, 5.41) is 0. The highest BCUT2D eigenvalue weighted by Gasteiger charge is 2.13. The Morgan fingerprint density at radius 2 is 2.06 bits per heavy atom. The fourth-order valence-electron chi connectivity index (χ4n) is 1.99. The SMILES string of the molecule is CCC(C)CN(CCCN)c1ccccc1OC. The number of hydrogen-bond donors (Lipinski definition) is 1. The Labute approximate surface area is 111 Å². The number of nitrogens with zero attached hydrogens (tertiary/aromatic N) is 1. The van der Waals surface area contributed by atoms with E-state index in [0.29, 0.717) is 5.92 Å². The van der Waals surface area contributed by atoms with Gasteiger partial charge in [0.15, 0.2) is 0 Å². The van der Waals surface area contributed by atoms with Crippen molar-refractivity contribution >= 4 is 5.69 Å². The third kappa shape index (κ3) is 4.22. The fourth-order valence-corrected chi connectivity index (χ4v) is 1.99. The van der Waals surface area contributed by atoms with Crippen molar-refractivity contribution < 1.29 is 4.74 Å². The van der Waals surface area contributed by atoms with Crippen LogP contribution in [0.25, 0.3) is 0 Å². The van der Waals surface area contributed by atoms with E-state index in [0.717, 1.165) is 31.8 Å². The van der Waals surface area contributed by atoms with Crippen LogP contribution in [0, 0.1) is 5.92 Å². The number of anilines is 1. The molecule has 0 saturated carbocycles. The molecule has 0 aliphatic heterocycles. The molecule has 0 aliphatic carbocycles. The number of benzene rings is 1. The Morgan fingerprint density at radius 1 is 1.33 bits per heavy atom. The maximum atomic E-state index is 5.63. The van der Waals surface area contributed by atoms with Gasteiger partial charge in [-0.15, -0.1) is 0 Å². The monoisotopic (exact) mass is 250 g/mol. The van der Waals surface area contributed by atoms with E-state index in [1.165, 1.54) is 12.1 Å². The second-order valence-corrected chi connectivity index (χ2v) is 4.77. The summed E-state index contributed by atoms with van der Waals surface area (Å²) in [6.07, 6.45) is 2.20. The van der Waals surface area contributed by atoms with Gasteiger partial charge in [0, 0.05) is 13.1 Å². The topological polar surface area (TPSA) is 38.5 Å². The first-order valence-corrected chi connectivity index (χ1v) is 6.80. The lowest BCUT2D eigenvalue weighted by atomic mass is 10.1. The molecule has 1 rings (SSSR count). The van der Waals surface area contributed by atoms with Crippen molar-refractivity contribution in [1.82, 2.24) is 0 Å². The molecule has 3 heteroatoms. The average molecular weight is 250 g/mol. The molecule has 0 radical (unpaired) electrons. The molecule has 18 heavy (non-hydrogen) atoms. The van der Waals surface area contributed by atoms with Crippen LogP contribution < -0.4 is 15.4 Å². The minimum Gasteiger partial charge on any atom is -0.495 e. The van der Waals surface area contributed by atoms with Crippen molar-refractivity contribution in [2.75, 3.05) is 31.6 Å². The van der Waals surface area contributed by atoms with Gasteiger partial charge in [-0.25, -0.2) is 0 Å². The molecule has 0 saturated heterocycles. The minimum absolute atomic E-state index is 0.674. The summed E-state index contributed by atoms with van der Waals surface area (Å²) in [6.45, 7) is 7.28. The van der Waals surface area contributed by atoms with Crippen LogP contribution in [0.4, 0.5) is 5.69 Å². The molecular formula is C15H26N2O. The van der Waals surface area contributed by atoms with E-state index in [1.54, 1.807) is 7.11 Å². The first-order chi connectivity index (χ1) is 8.72. The van der Waals surface area contributed by atoms with Crippen LogP contribution in [0.5, 0.6) is 5.75 Å². The van der Waals surface area contributed by atoms with E-state index in [2.05, 4.69) is 30.9 Å². The van der Waals surface area contributed by atoms with Crippen molar-refractivity contribution in [1.29, 1.82) is 0 Å². The standard InChI is InChI=1S/C15H26N2O/c1-4-13(2)12-17(11-7-10-16)14-8-5-6-9-15(14)18-3/h5-6,8-9,13H,4,7,10-12,16H2,1-3H3. The van der Waals surface area contributed by atoms with Crippen LogP contribution >= 0.6 is 0 Å². The summed E-state index contributed by atoms with van der Waals surface area (Å²) in [6, 6.07) is 8.20. The van der Waals surface area contributed by atoms with Gasteiger partial charge >= 0.3 is 0 Å². The molecule has 0 spiro atoms. The van der Waals surface area contributed by atoms with Gasteiger partial charge in [-0.05, 0) is 31.0 Å². The Hall–Kier alpha value is -1.22. The average Bonchev–Trinajstić information content (AvgIpc) is 2.43. The summed E-state index contributed by atoms with van der Waals surface area (Å²) >= 11 is 0. The Balaban J connectivity index is 2.85. The zero-order valence-electron chi connectivity index (χ0n) is 11.9. The maximum absolute atomic E-state index is 5.63. The zero-order valence-corrected chi connectivity index (χ0v) is 11.9. The quantitative estimate of drug-likeness (QED) is 0.771. The Bertz CT molecular complexity index is 341. The maximum Gasteiger partial charge on any atom is 0.142 e. The predicted molar refractivity (Wildman–Crippen MR) is 78.3 cm³/mol. The molecule has 0 heterocycles. The summed E-state index contributed by atoms with van der Waals surface area (Å²) in [4.78, 5) is 2.39. The molecule has 102 valence electrons. The first-order valence-electron chi connectivity index (χ1n) is 6.80. The molecule has 1 unspecified atom stereocenters. The van der Waals surface area contributed by atoms with Crippen LogP contribution in [0.3, 0.4) is 0 Å². The van der Waals surface area contributed by atoms with Gasteiger partial charge in [0.25, 0.3) is 0 Å². The second-order valence-electron chi connectivity index (χ2n) is 4.77. The fraction of sp³-hybridized carbons (Fsp3) is 0.600. The highest BCUT2D eigenvalue weighted by Crippen LogP contribution is 2.28. The molecule has 0 amide bonds. The largest absolute Gasteiger partial charge is 0.495 e. The third-order valence-electron chi connectivity index (χ3n) is 3.29. The predicted octanol–water partition coefficient (Wildman–Crippen LogP) is 2.90. The third-order valence-corrected chi connectivity index (χ3v) is 3.29. The van der Waals surface area contributed by atoms with Gasteiger partial charge in [-0.2, -0.15) is 0 Å². The normalized spacial score (nSPS) is 12.2. The highest BCUT2D eigenvalue weighted by molar-refractivity contribution is 5.58.